The van der Waals surface area contributed by atoms with Crippen LogP contribution in [0.4, 0.5) is 8.78 Å². The van der Waals surface area contributed by atoms with E-state index < -0.39 is 11.3 Å². The van der Waals surface area contributed by atoms with Crippen LogP contribution in [-0.4, -0.2) is 19.0 Å². The second-order valence-corrected chi connectivity index (χ2v) is 4.99. The molecule has 0 amide bonds. The van der Waals surface area contributed by atoms with Crippen molar-refractivity contribution in [2.45, 2.75) is 38.0 Å². The SMILES string of the molecule is FC1(F)CC12CCC21CCNCC1. The van der Waals surface area contributed by atoms with Gasteiger partial charge in [-0.1, -0.05) is 0 Å². The quantitative estimate of drug-likeness (QED) is 0.613. The molecule has 3 heteroatoms. The molecule has 1 unspecified atom stereocenters. The molecule has 1 N–H and O–H groups in total. The number of hydrogen-bond acceptors (Lipinski definition) is 1. The molecule has 3 fully saturated rings. The van der Waals surface area contributed by atoms with Gasteiger partial charge >= 0.3 is 0 Å². The molecule has 3 rings (SSSR count). The molecule has 0 radical (unpaired) electrons. The van der Waals surface area contributed by atoms with Crippen molar-refractivity contribution in [3.8, 4) is 0 Å². The van der Waals surface area contributed by atoms with Gasteiger partial charge in [0.1, 0.15) is 0 Å². The first kappa shape index (κ1) is 8.16. The maximum absolute atomic E-state index is 13.2. The van der Waals surface area contributed by atoms with Crippen molar-refractivity contribution in [1.29, 1.82) is 0 Å². The van der Waals surface area contributed by atoms with Gasteiger partial charge in [0.05, 0.1) is 0 Å². The normalized spacial score (nSPS) is 44.8. The highest BCUT2D eigenvalue weighted by molar-refractivity contribution is 5.25. The Morgan fingerprint density at radius 2 is 1.54 bits per heavy atom. The molecule has 0 aromatic rings. The zero-order valence-corrected chi connectivity index (χ0v) is 7.71. The Morgan fingerprint density at radius 1 is 0.923 bits per heavy atom. The lowest BCUT2D eigenvalue weighted by atomic mass is 9.53. The molecule has 2 saturated carbocycles. The monoisotopic (exact) mass is 187 g/mol. The summed E-state index contributed by atoms with van der Waals surface area (Å²) in [6, 6.07) is 0. The molecule has 74 valence electrons. The molecular formula is C10H15F2N. The van der Waals surface area contributed by atoms with Crippen LogP contribution in [-0.2, 0) is 0 Å². The van der Waals surface area contributed by atoms with E-state index in [1.54, 1.807) is 0 Å². The summed E-state index contributed by atoms with van der Waals surface area (Å²) in [6.07, 6.45) is 3.95. The first-order valence-corrected chi connectivity index (χ1v) is 5.21. The van der Waals surface area contributed by atoms with Gasteiger partial charge in [-0.15, -0.1) is 0 Å². The highest BCUT2D eigenvalue weighted by Gasteiger charge is 2.82. The van der Waals surface area contributed by atoms with Gasteiger partial charge in [-0.05, 0) is 44.2 Å². The molecule has 2 aliphatic carbocycles. The topological polar surface area (TPSA) is 12.0 Å². The number of halogens is 2. The van der Waals surface area contributed by atoms with E-state index in [2.05, 4.69) is 5.32 Å². The van der Waals surface area contributed by atoms with E-state index in [-0.39, 0.29) is 11.8 Å². The van der Waals surface area contributed by atoms with E-state index in [9.17, 15) is 8.78 Å². The van der Waals surface area contributed by atoms with Gasteiger partial charge in [0.2, 0.25) is 0 Å². The van der Waals surface area contributed by atoms with Gasteiger partial charge < -0.3 is 5.32 Å². The molecule has 1 aliphatic heterocycles. The van der Waals surface area contributed by atoms with E-state index >= 15 is 0 Å². The summed E-state index contributed by atoms with van der Waals surface area (Å²) in [6.45, 7) is 1.88. The van der Waals surface area contributed by atoms with Crippen LogP contribution in [0.3, 0.4) is 0 Å². The molecule has 1 saturated heterocycles. The summed E-state index contributed by atoms with van der Waals surface area (Å²) < 4.78 is 26.5. The van der Waals surface area contributed by atoms with Crippen LogP contribution in [0.1, 0.15) is 32.1 Å². The fraction of sp³-hybridized carbons (Fsp3) is 1.00. The van der Waals surface area contributed by atoms with Crippen molar-refractivity contribution in [3.05, 3.63) is 0 Å². The molecule has 1 atom stereocenters. The Hall–Kier alpha value is -0.180. The van der Waals surface area contributed by atoms with Crippen LogP contribution in [0, 0.1) is 10.8 Å². The van der Waals surface area contributed by atoms with Gasteiger partial charge in [-0.25, -0.2) is 8.78 Å². The van der Waals surface area contributed by atoms with Gasteiger partial charge in [-0.3, -0.25) is 0 Å². The highest BCUT2D eigenvalue weighted by Crippen LogP contribution is 2.81. The maximum Gasteiger partial charge on any atom is 0.255 e. The zero-order chi connectivity index (χ0) is 9.16. The average molecular weight is 187 g/mol. The summed E-state index contributed by atoms with van der Waals surface area (Å²) >= 11 is 0. The molecule has 3 aliphatic rings. The minimum absolute atomic E-state index is 0.0295. The van der Waals surface area contributed by atoms with Crippen LogP contribution in [0.5, 0.6) is 0 Å². The number of rotatable bonds is 0. The van der Waals surface area contributed by atoms with Crippen molar-refractivity contribution in [2.75, 3.05) is 13.1 Å². The number of nitrogens with one attached hydrogen (secondary N) is 1. The first-order chi connectivity index (χ1) is 6.12. The third-order valence-corrected chi connectivity index (χ3v) is 4.71. The van der Waals surface area contributed by atoms with E-state index in [4.69, 9.17) is 0 Å². The minimum atomic E-state index is -2.32. The molecule has 0 aromatic carbocycles. The lowest BCUT2D eigenvalue weighted by Crippen LogP contribution is -2.51. The van der Waals surface area contributed by atoms with Gasteiger partial charge in [0.25, 0.3) is 5.92 Å². The Labute approximate surface area is 76.9 Å². The Bertz CT molecular complexity index is 245. The second kappa shape index (κ2) is 2.08. The fourth-order valence-electron chi connectivity index (χ4n) is 3.60. The van der Waals surface area contributed by atoms with Crippen molar-refractivity contribution < 1.29 is 8.78 Å². The zero-order valence-electron chi connectivity index (χ0n) is 7.71. The van der Waals surface area contributed by atoms with Crippen LogP contribution in [0.15, 0.2) is 0 Å². The largest absolute Gasteiger partial charge is 0.317 e. The number of alkyl halides is 2. The van der Waals surface area contributed by atoms with E-state index in [0.29, 0.717) is 0 Å². The second-order valence-electron chi connectivity index (χ2n) is 4.99. The predicted molar refractivity (Wildman–Crippen MR) is 45.8 cm³/mol. The van der Waals surface area contributed by atoms with Crippen molar-refractivity contribution in [2.24, 2.45) is 10.8 Å². The summed E-state index contributed by atoms with van der Waals surface area (Å²) in [5.41, 5.74) is -0.510. The van der Waals surface area contributed by atoms with Gasteiger partial charge in [-0.2, -0.15) is 0 Å². The summed E-state index contributed by atoms with van der Waals surface area (Å²) in [4.78, 5) is 0. The summed E-state index contributed by atoms with van der Waals surface area (Å²) in [7, 11) is 0. The predicted octanol–water partition coefficient (Wildman–Crippen LogP) is 2.18. The number of hydrogen-bond donors (Lipinski definition) is 1. The molecule has 2 spiro atoms. The van der Waals surface area contributed by atoms with Crippen LogP contribution < -0.4 is 5.32 Å². The van der Waals surface area contributed by atoms with E-state index in [1.807, 2.05) is 0 Å². The molecular weight excluding hydrogens is 172 g/mol. The third-order valence-electron chi connectivity index (χ3n) is 4.71. The van der Waals surface area contributed by atoms with E-state index in [0.717, 1.165) is 38.8 Å². The van der Waals surface area contributed by atoms with Gasteiger partial charge in [0.15, 0.2) is 0 Å². The first-order valence-electron chi connectivity index (χ1n) is 5.21. The van der Waals surface area contributed by atoms with Crippen molar-refractivity contribution in [3.63, 3.8) is 0 Å². The Balaban J connectivity index is 1.85. The molecule has 0 bridgehead atoms. The summed E-state index contributed by atoms with van der Waals surface area (Å²) in [5.74, 6) is -2.32. The number of fused-ring (bicyclic) bond motifs is 1. The maximum atomic E-state index is 13.2. The van der Waals surface area contributed by atoms with Gasteiger partial charge in [0, 0.05) is 11.8 Å². The lowest BCUT2D eigenvalue weighted by molar-refractivity contribution is -0.0986. The Kier molecular flexibility index (Phi) is 1.30. The molecule has 1 nitrogen and oxygen atoms in total. The summed E-state index contributed by atoms with van der Waals surface area (Å²) in [5, 5.41) is 3.26. The van der Waals surface area contributed by atoms with E-state index in [1.165, 1.54) is 0 Å². The van der Waals surface area contributed by atoms with Crippen LogP contribution >= 0.6 is 0 Å². The van der Waals surface area contributed by atoms with Crippen LogP contribution in [0.25, 0.3) is 0 Å². The molecule has 0 aromatic heterocycles. The fourth-order valence-corrected chi connectivity index (χ4v) is 3.60. The van der Waals surface area contributed by atoms with Crippen LogP contribution in [0.2, 0.25) is 0 Å². The average Bonchev–Trinajstić information content (AvgIpc) is 2.73. The highest BCUT2D eigenvalue weighted by atomic mass is 19.3. The smallest absolute Gasteiger partial charge is 0.255 e. The third kappa shape index (κ3) is 0.756. The Morgan fingerprint density at radius 3 is 1.92 bits per heavy atom. The van der Waals surface area contributed by atoms with Crippen molar-refractivity contribution >= 4 is 0 Å². The van der Waals surface area contributed by atoms with Crippen molar-refractivity contribution in [1.82, 2.24) is 5.32 Å². The number of piperidine rings is 1. The molecule has 13 heavy (non-hydrogen) atoms. The standard InChI is InChI=1S/C10H15F2N/c11-10(12)7-9(10)2-1-8(9)3-5-13-6-4-8/h13H,1-7H2. The lowest BCUT2D eigenvalue weighted by Gasteiger charge is -2.53. The minimum Gasteiger partial charge on any atom is -0.317 e. The molecule has 1 heterocycles.